The second kappa shape index (κ2) is 7.34. The molecule has 0 bridgehead atoms. The van der Waals surface area contributed by atoms with Crippen LogP contribution >= 0.6 is 11.6 Å². The third-order valence-corrected chi connectivity index (χ3v) is 3.61. The topological polar surface area (TPSA) is 30.5 Å². The van der Waals surface area contributed by atoms with E-state index in [-0.39, 0.29) is 6.04 Å². The van der Waals surface area contributed by atoms with Gasteiger partial charge >= 0.3 is 0 Å². The van der Waals surface area contributed by atoms with E-state index in [0.29, 0.717) is 16.5 Å². The smallest absolute Gasteiger partial charge is 0.179 e. The third-order valence-electron chi connectivity index (χ3n) is 3.33. The molecule has 0 fully saturated rings. The van der Waals surface area contributed by atoms with Gasteiger partial charge in [-0.2, -0.15) is 0 Å². The van der Waals surface area contributed by atoms with Gasteiger partial charge in [0, 0.05) is 0 Å². The number of methoxy groups -OCH3 is 2. The van der Waals surface area contributed by atoms with Gasteiger partial charge in [-0.15, -0.1) is 0 Å². The molecule has 0 heterocycles. The molecule has 0 saturated carbocycles. The minimum Gasteiger partial charge on any atom is -0.493 e. The average Bonchev–Trinajstić information content (AvgIpc) is 2.52. The predicted octanol–water partition coefficient (Wildman–Crippen LogP) is 4.06. The normalized spacial score (nSPS) is 12.0. The van der Waals surface area contributed by atoms with Gasteiger partial charge < -0.3 is 14.8 Å². The second-order valence-corrected chi connectivity index (χ2v) is 5.05. The van der Waals surface area contributed by atoms with Gasteiger partial charge in [0.1, 0.15) is 0 Å². The summed E-state index contributed by atoms with van der Waals surface area (Å²) in [5, 5.41) is 4.02. The van der Waals surface area contributed by atoms with Crippen LogP contribution in [0.15, 0.2) is 42.5 Å². The van der Waals surface area contributed by atoms with Crippen LogP contribution in [0.2, 0.25) is 5.02 Å². The standard InChI is InChI=1S/C17H20ClNO2/c1-4-19-16(12-8-6-5-7-9-12)13-10-14(18)17(21-3)15(11-13)20-2/h5-11,16,19H,4H2,1-3H3. The Bertz CT molecular complexity index is 587. The Morgan fingerprint density at radius 1 is 1.05 bits per heavy atom. The van der Waals surface area contributed by atoms with Crippen LogP contribution < -0.4 is 14.8 Å². The molecule has 112 valence electrons. The summed E-state index contributed by atoms with van der Waals surface area (Å²) in [6, 6.07) is 14.2. The molecule has 21 heavy (non-hydrogen) atoms. The van der Waals surface area contributed by atoms with Crippen LogP contribution in [0.25, 0.3) is 0 Å². The van der Waals surface area contributed by atoms with Crippen molar-refractivity contribution in [2.24, 2.45) is 0 Å². The molecule has 2 aromatic rings. The van der Waals surface area contributed by atoms with Crippen molar-refractivity contribution >= 4 is 11.6 Å². The van der Waals surface area contributed by atoms with Crippen LogP contribution in [-0.4, -0.2) is 20.8 Å². The zero-order valence-corrected chi connectivity index (χ0v) is 13.3. The molecular formula is C17H20ClNO2. The number of rotatable bonds is 6. The van der Waals surface area contributed by atoms with Gasteiger partial charge in [0.15, 0.2) is 11.5 Å². The summed E-state index contributed by atoms with van der Waals surface area (Å²) in [5.41, 5.74) is 2.23. The van der Waals surface area contributed by atoms with E-state index in [1.54, 1.807) is 14.2 Å². The molecule has 1 unspecified atom stereocenters. The van der Waals surface area contributed by atoms with Gasteiger partial charge in [0.05, 0.1) is 25.3 Å². The van der Waals surface area contributed by atoms with Gasteiger partial charge in [0.2, 0.25) is 0 Å². The molecule has 4 heteroatoms. The van der Waals surface area contributed by atoms with Crippen LogP contribution in [-0.2, 0) is 0 Å². The second-order valence-electron chi connectivity index (χ2n) is 4.64. The van der Waals surface area contributed by atoms with Crippen LogP contribution in [0.4, 0.5) is 0 Å². The molecule has 0 aliphatic rings. The number of ether oxygens (including phenoxy) is 2. The molecule has 1 N–H and O–H groups in total. The number of nitrogens with one attached hydrogen (secondary N) is 1. The predicted molar refractivity (Wildman–Crippen MR) is 86.5 cm³/mol. The van der Waals surface area contributed by atoms with Crippen molar-refractivity contribution in [3.05, 3.63) is 58.6 Å². The largest absolute Gasteiger partial charge is 0.493 e. The summed E-state index contributed by atoms with van der Waals surface area (Å²) in [6.07, 6.45) is 0. The molecule has 3 nitrogen and oxygen atoms in total. The van der Waals surface area contributed by atoms with Crippen molar-refractivity contribution in [2.45, 2.75) is 13.0 Å². The minimum absolute atomic E-state index is 0.0634. The van der Waals surface area contributed by atoms with E-state index in [2.05, 4.69) is 24.4 Å². The van der Waals surface area contributed by atoms with Gasteiger partial charge in [0.25, 0.3) is 0 Å². The Morgan fingerprint density at radius 3 is 2.33 bits per heavy atom. The maximum atomic E-state index is 6.31. The summed E-state index contributed by atoms with van der Waals surface area (Å²) in [6.45, 7) is 2.93. The third kappa shape index (κ3) is 3.49. The number of hydrogen-bond donors (Lipinski definition) is 1. The Hall–Kier alpha value is -1.71. The molecular weight excluding hydrogens is 286 g/mol. The lowest BCUT2D eigenvalue weighted by Crippen LogP contribution is -2.22. The first-order chi connectivity index (χ1) is 10.2. The lowest BCUT2D eigenvalue weighted by molar-refractivity contribution is 0.354. The fraction of sp³-hybridized carbons (Fsp3) is 0.294. The maximum Gasteiger partial charge on any atom is 0.179 e. The van der Waals surface area contributed by atoms with E-state index in [4.69, 9.17) is 21.1 Å². The molecule has 1 atom stereocenters. The van der Waals surface area contributed by atoms with Crippen molar-refractivity contribution in [1.82, 2.24) is 5.32 Å². The Kier molecular flexibility index (Phi) is 5.48. The Balaban J connectivity index is 2.48. The fourth-order valence-corrected chi connectivity index (χ4v) is 2.68. The van der Waals surface area contributed by atoms with Crippen molar-refractivity contribution < 1.29 is 9.47 Å². The highest BCUT2D eigenvalue weighted by Gasteiger charge is 2.18. The number of benzene rings is 2. The van der Waals surface area contributed by atoms with E-state index in [1.807, 2.05) is 30.3 Å². The van der Waals surface area contributed by atoms with Gasteiger partial charge in [-0.05, 0) is 29.8 Å². The highest BCUT2D eigenvalue weighted by molar-refractivity contribution is 6.32. The first-order valence-corrected chi connectivity index (χ1v) is 7.28. The highest BCUT2D eigenvalue weighted by atomic mass is 35.5. The Labute approximate surface area is 130 Å². The van der Waals surface area contributed by atoms with Crippen molar-refractivity contribution in [2.75, 3.05) is 20.8 Å². The van der Waals surface area contributed by atoms with Crippen LogP contribution in [0.3, 0.4) is 0 Å². The van der Waals surface area contributed by atoms with Gasteiger partial charge in [-0.3, -0.25) is 0 Å². The van der Waals surface area contributed by atoms with E-state index in [0.717, 1.165) is 12.1 Å². The quantitative estimate of drug-likeness (QED) is 0.873. The molecule has 0 aliphatic heterocycles. The summed E-state index contributed by atoms with van der Waals surface area (Å²) >= 11 is 6.31. The molecule has 0 saturated heterocycles. The summed E-state index contributed by atoms with van der Waals surface area (Å²) in [7, 11) is 3.20. The minimum atomic E-state index is 0.0634. The summed E-state index contributed by atoms with van der Waals surface area (Å²) in [4.78, 5) is 0. The Morgan fingerprint density at radius 2 is 1.76 bits per heavy atom. The fourth-order valence-electron chi connectivity index (χ4n) is 2.38. The maximum absolute atomic E-state index is 6.31. The molecule has 0 radical (unpaired) electrons. The van der Waals surface area contributed by atoms with Crippen LogP contribution in [0.1, 0.15) is 24.1 Å². The summed E-state index contributed by atoms with van der Waals surface area (Å²) < 4.78 is 10.7. The molecule has 0 aliphatic carbocycles. The van der Waals surface area contributed by atoms with E-state index >= 15 is 0 Å². The highest BCUT2D eigenvalue weighted by Crippen LogP contribution is 2.38. The van der Waals surface area contributed by atoms with Crippen LogP contribution in [0.5, 0.6) is 11.5 Å². The summed E-state index contributed by atoms with van der Waals surface area (Å²) in [5.74, 6) is 1.20. The zero-order chi connectivity index (χ0) is 15.2. The lowest BCUT2D eigenvalue weighted by atomic mass is 9.98. The monoisotopic (exact) mass is 305 g/mol. The molecule has 0 aromatic heterocycles. The molecule has 2 aromatic carbocycles. The molecule has 2 rings (SSSR count). The van der Waals surface area contributed by atoms with Crippen molar-refractivity contribution in [3.63, 3.8) is 0 Å². The van der Waals surface area contributed by atoms with E-state index < -0.39 is 0 Å². The van der Waals surface area contributed by atoms with E-state index in [1.165, 1.54) is 5.56 Å². The number of halogens is 1. The lowest BCUT2D eigenvalue weighted by Gasteiger charge is -2.21. The van der Waals surface area contributed by atoms with Gasteiger partial charge in [-0.1, -0.05) is 48.9 Å². The zero-order valence-electron chi connectivity index (χ0n) is 12.5. The SMILES string of the molecule is CCNC(c1ccccc1)c1cc(Cl)c(OC)c(OC)c1. The average molecular weight is 306 g/mol. The first-order valence-electron chi connectivity index (χ1n) is 6.91. The van der Waals surface area contributed by atoms with Crippen molar-refractivity contribution in [1.29, 1.82) is 0 Å². The van der Waals surface area contributed by atoms with E-state index in [9.17, 15) is 0 Å². The van der Waals surface area contributed by atoms with Crippen LogP contribution in [0, 0.1) is 0 Å². The molecule has 0 spiro atoms. The van der Waals surface area contributed by atoms with Gasteiger partial charge in [-0.25, -0.2) is 0 Å². The molecule has 0 amide bonds. The van der Waals surface area contributed by atoms with Crippen molar-refractivity contribution in [3.8, 4) is 11.5 Å². The first kappa shape index (κ1) is 15.7. The number of hydrogen-bond acceptors (Lipinski definition) is 3.